The topological polar surface area (TPSA) is 98.5 Å². The van der Waals surface area contributed by atoms with Gasteiger partial charge in [-0.3, -0.25) is 4.79 Å². The summed E-state index contributed by atoms with van der Waals surface area (Å²) in [5, 5.41) is 10.8. The van der Waals surface area contributed by atoms with Gasteiger partial charge in [0.15, 0.2) is 0 Å². The highest BCUT2D eigenvalue weighted by atomic mass is 16.5. The van der Waals surface area contributed by atoms with Gasteiger partial charge in [-0.2, -0.15) is 4.98 Å². The Morgan fingerprint density at radius 1 is 1.17 bits per heavy atom. The van der Waals surface area contributed by atoms with Crippen LogP contribution < -0.4 is 15.4 Å². The van der Waals surface area contributed by atoms with Crippen LogP contribution in [0.15, 0.2) is 28.8 Å². The van der Waals surface area contributed by atoms with Gasteiger partial charge in [0.1, 0.15) is 5.75 Å². The van der Waals surface area contributed by atoms with Crippen molar-refractivity contribution in [1.82, 2.24) is 20.8 Å². The molecule has 1 aromatic carbocycles. The molecular weight excluding hydrogens is 372 g/mol. The van der Waals surface area contributed by atoms with Crippen LogP contribution in [0, 0.1) is 0 Å². The Labute approximate surface area is 170 Å². The number of aryl methyl sites for hydroxylation is 1. The summed E-state index contributed by atoms with van der Waals surface area (Å²) >= 11 is 0. The molecule has 29 heavy (non-hydrogen) atoms. The van der Waals surface area contributed by atoms with Crippen LogP contribution in [0.1, 0.15) is 38.0 Å². The number of aromatic nitrogens is 2. The second kappa shape index (κ2) is 9.37. The summed E-state index contributed by atoms with van der Waals surface area (Å²) < 4.78 is 16.1. The maximum absolute atomic E-state index is 12.4. The number of nitrogens with zero attached hydrogens (tertiary/aromatic N) is 2. The van der Waals surface area contributed by atoms with E-state index >= 15 is 0 Å². The molecule has 2 aromatic rings. The predicted octanol–water partition coefficient (Wildman–Crippen LogP) is 2.09. The fourth-order valence-corrected chi connectivity index (χ4v) is 3.83. The van der Waals surface area contributed by atoms with Gasteiger partial charge in [-0.15, -0.1) is 0 Å². The zero-order valence-electron chi connectivity index (χ0n) is 16.7. The first-order valence-electron chi connectivity index (χ1n) is 10.3. The first-order valence-corrected chi connectivity index (χ1v) is 10.3. The number of carbonyl (C=O) groups is 1. The van der Waals surface area contributed by atoms with Gasteiger partial charge < -0.3 is 24.6 Å². The van der Waals surface area contributed by atoms with Gasteiger partial charge in [-0.1, -0.05) is 17.3 Å². The lowest BCUT2D eigenvalue weighted by molar-refractivity contribution is -0.122. The molecule has 0 bridgehead atoms. The second-order valence-corrected chi connectivity index (χ2v) is 7.62. The van der Waals surface area contributed by atoms with Crippen molar-refractivity contribution in [2.75, 3.05) is 20.3 Å². The van der Waals surface area contributed by atoms with Crippen molar-refractivity contribution in [3.05, 3.63) is 30.2 Å². The summed E-state index contributed by atoms with van der Waals surface area (Å²) in [7, 11) is 1.61. The monoisotopic (exact) mass is 400 g/mol. The molecule has 8 nitrogen and oxygen atoms in total. The van der Waals surface area contributed by atoms with Crippen LogP contribution in [0.5, 0.6) is 5.75 Å². The Morgan fingerprint density at radius 2 is 1.97 bits per heavy atom. The van der Waals surface area contributed by atoms with Gasteiger partial charge in [0.2, 0.25) is 17.6 Å². The van der Waals surface area contributed by atoms with E-state index in [0.717, 1.165) is 44.5 Å². The molecule has 0 radical (unpaired) electrons. The van der Waals surface area contributed by atoms with E-state index in [-0.39, 0.29) is 11.9 Å². The van der Waals surface area contributed by atoms with Crippen LogP contribution in [0.3, 0.4) is 0 Å². The summed E-state index contributed by atoms with van der Waals surface area (Å²) in [5.74, 6) is 1.63. The zero-order chi connectivity index (χ0) is 20.1. The molecule has 156 valence electrons. The molecule has 2 atom stereocenters. The van der Waals surface area contributed by atoms with Crippen LogP contribution in [-0.4, -0.2) is 54.5 Å². The molecule has 1 aromatic heterocycles. The summed E-state index contributed by atoms with van der Waals surface area (Å²) in [6.07, 6.45) is 4.96. The maximum atomic E-state index is 12.4. The number of hydrogen-bond acceptors (Lipinski definition) is 7. The van der Waals surface area contributed by atoms with Crippen LogP contribution in [0.2, 0.25) is 0 Å². The van der Waals surface area contributed by atoms with E-state index in [1.54, 1.807) is 7.11 Å². The number of ether oxygens (including phenoxy) is 2. The number of benzene rings is 1. The van der Waals surface area contributed by atoms with Crippen molar-refractivity contribution in [3.63, 3.8) is 0 Å². The van der Waals surface area contributed by atoms with E-state index in [2.05, 4.69) is 20.8 Å². The quantitative estimate of drug-likeness (QED) is 0.700. The molecule has 4 rings (SSSR count). The normalized spacial score (nSPS) is 22.1. The highest BCUT2D eigenvalue weighted by molar-refractivity contribution is 5.76. The maximum Gasteiger partial charge on any atom is 0.227 e. The third kappa shape index (κ3) is 4.94. The van der Waals surface area contributed by atoms with Crippen LogP contribution >= 0.6 is 0 Å². The Balaban J connectivity index is 1.24. The van der Waals surface area contributed by atoms with Gasteiger partial charge >= 0.3 is 0 Å². The first-order chi connectivity index (χ1) is 14.2. The number of rotatable bonds is 8. The SMILES string of the molecule is COc1ccccc1-c1noc(CCC(=O)N[C@H]2CC[C@H]2NC2CCOCC2)n1. The largest absolute Gasteiger partial charge is 0.496 e. The smallest absolute Gasteiger partial charge is 0.227 e. The standard InChI is InChI=1S/C21H28N4O4/c1-27-18-5-3-2-4-15(18)21-24-20(29-25-21)9-8-19(26)23-17-7-6-16(17)22-14-10-12-28-13-11-14/h2-5,14,16-17,22H,6-13H2,1H3,(H,23,26)/t16-,17+/m1/s1. The number of para-hydroxylation sites is 1. The molecule has 1 aliphatic heterocycles. The Kier molecular flexibility index (Phi) is 6.41. The van der Waals surface area contributed by atoms with Crippen LogP contribution in [-0.2, 0) is 16.0 Å². The number of amides is 1. The van der Waals surface area contributed by atoms with E-state index in [1.807, 2.05) is 24.3 Å². The lowest BCUT2D eigenvalue weighted by Crippen LogP contribution is -2.59. The average Bonchev–Trinajstić information content (AvgIpc) is 3.23. The number of carbonyl (C=O) groups excluding carboxylic acids is 1. The van der Waals surface area contributed by atoms with Crippen molar-refractivity contribution >= 4 is 5.91 Å². The van der Waals surface area contributed by atoms with Gasteiger partial charge in [-0.25, -0.2) is 0 Å². The van der Waals surface area contributed by atoms with Gasteiger partial charge in [-0.05, 0) is 37.8 Å². The van der Waals surface area contributed by atoms with E-state index in [1.165, 1.54) is 0 Å². The molecule has 1 amide bonds. The molecule has 0 spiro atoms. The Hall–Kier alpha value is -2.45. The molecule has 2 fully saturated rings. The molecule has 2 aliphatic rings. The van der Waals surface area contributed by atoms with Crippen molar-refractivity contribution in [2.45, 2.75) is 56.7 Å². The molecule has 1 saturated heterocycles. The van der Waals surface area contributed by atoms with E-state index in [9.17, 15) is 4.79 Å². The number of methoxy groups -OCH3 is 1. The highest BCUT2D eigenvalue weighted by Gasteiger charge is 2.33. The molecule has 2 N–H and O–H groups in total. The van der Waals surface area contributed by atoms with Gasteiger partial charge in [0.25, 0.3) is 0 Å². The highest BCUT2D eigenvalue weighted by Crippen LogP contribution is 2.27. The molecular formula is C21H28N4O4. The fraction of sp³-hybridized carbons (Fsp3) is 0.571. The average molecular weight is 400 g/mol. The summed E-state index contributed by atoms with van der Waals surface area (Å²) in [4.78, 5) is 16.8. The zero-order valence-corrected chi connectivity index (χ0v) is 16.7. The third-order valence-electron chi connectivity index (χ3n) is 5.67. The minimum Gasteiger partial charge on any atom is -0.496 e. The van der Waals surface area contributed by atoms with Gasteiger partial charge in [0.05, 0.1) is 12.7 Å². The predicted molar refractivity (Wildman–Crippen MR) is 107 cm³/mol. The molecule has 8 heteroatoms. The number of hydrogen-bond donors (Lipinski definition) is 2. The second-order valence-electron chi connectivity index (χ2n) is 7.62. The van der Waals surface area contributed by atoms with Crippen molar-refractivity contribution in [1.29, 1.82) is 0 Å². The lowest BCUT2D eigenvalue weighted by Gasteiger charge is -2.41. The first kappa shape index (κ1) is 19.8. The minimum atomic E-state index is 0.0190. The van der Waals surface area contributed by atoms with Crippen molar-refractivity contribution in [2.24, 2.45) is 0 Å². The summed E-state index contributed by atoms with van der Waals surface area (Å²) in [5.41, 5.74) is 0.769. The summed E-state index contributed by atoms with van der Waals surface area (Å²) in [6.45, 7) is 1.64. The van der Waals surface area contributed by atoms with Crippen molar-refractivity contribution in [3.8, 4) is 17.1 Å². The van der Waals surface area contributed by atoms with Crippen molar-refractivity contribution < 1.29 is 18.8 Å². The lowest BCUT2D eigenvalue weighted by atomic mass is 9.85. The summed E-state index contributed by atoms with van der Waals surface area (Å²) in [6, 6.07) is 8.58. The fourth-order valence-electron chi connectivity index (χ4n) is 3.83. The molecule has 1 aliphatic carbocycles. The Bertz CT molecular complexity index is 819. The Morgan fingerprint density at radius 3 is 2.72 bits per heavy atom. The molecule has 1 saturated carbocycles. The van der Waals surface area contributed by atoms with E-state index in [4.69, 9.17) is 14.0 Å². The van der Waals surface area contributed by atoms with E-state index < -0.39 is 0 Å². The third-order valence-corrected chi connectivity index (χ3v) is 5.67. The molecule has 2 heterocycles. The van der Waals surface area contributed by atoms with Crippen LogP contribution in [0.25, 0.3) is 11.4 Å². The van der Waals surface area contributed by atoms with E-state index in [0.29, 0.717) is 42.4 Å². The number of nitrogens with one attached hydrogen (secondary N) is 2. The van der Waals surface area contributed by atoms with Gasteiger partial charge in [0, 0.05) is 44.2 Å². The minimum absolute atomic E-state index is 0.0190. The van der Waals surface area contributed by atoms with Crippen LogP contribution in [0.4, 0.5) is 0 Å². The molecule has 0 unspecified atom stereocenters.